The molecule has 2 nitrogen and oxygen atoms in total. The number of nitrogens with one attached hydrogen (secondary N) is 1. The summed E-state index contributed by atoms with van der Waals surface area (Å²) in [5.74, 6) is 1.70. The van der Waals surface area contributed by atoms with Crippen molar-refractivity contribution in [3.63, 3.8) is 0 Å². The Bertz CT molecular complexity index is 440. The van der Waals surface area contributed by atoms with Crippen molar-refractivity contribution in [2.24, 2.45) is 11.8 Å². The van der Waals surface area contributed by atoms with Gasteiger partial charge in [-0.1, -0.05) is 20.3 Å². The molecule has 1 N–H and O–H groups in total. The predicted octanol–water partition coefficient (Wildman–Crippen LogP) is 3.78. The van der Waals surface area contributed by atoms with Gasteiger partial charge >= 0.3 is 0 Å². The Kier molecular flexibility index (Phi) is 4.72. The van der Waals surface area contributed by atoms with Crippen LogP contribution in [0.2, 0.25) is 0 Å². The van der Waals surface area contributed by atoms with Crippen LogP contribution in [0.4, 0.5) is 0 Å². The molecule has 0 spiro atoms. The van der Waals surface area contributed by atoms with Crippen LogP contribution >= 0.6 is 11.3 Å². The number of hydrogen-bond donors (Lipinski definition) is 1. The molecule has 21 heavy (non-hydrogen) atoms. The van der Waals surface area contributed by atoms with Gasteiger partial charge in [0.2, 0.25) is 0 Å². The largest absolute Gasteiger partial charge is 0.308 e. The van der Waals surface area contributed by atoms with Crippen molar-refractivity contribution in [1.29, 1.82) is 0 Å². The van der Waals surface area contributed by atoms with Crippen molar-refractivity contribution < 1.29 is 0 Å². The molecule has 1 aliphatic heterocycles. The van der Waals surface area contributed by atoms with E-state index in [1.54, 1.807) is 0 Å². The number of nitrogens with zero attached hydrogens (tertiary/aromatic N) is 1. The monoisotopic (exact) mass is 306 g/mol. The van der Waals surface area contributed by atoms with Gasteiger partial charge < -0.3 is 5.32 Å². The van der Waals surface area contributed by atoms with E-state index < -0.39 is 0 Å². The summed E-state index contributed by atoms with van der Waals surface area (Å²) in [6.07, 6.45) is 5.34. The molecule has 2 heterocycles. The van der Waals surface area contributed by atoms with Crippen LogP contribution < -0.4 is 5.32 Å². The molecule has 0 amide bonds. The lowest BCUT2D eigenvalue weighted by Gasteiger charge is -2.48. The van der Waals surface area contributed by atoms with Crippen molar-refractivity contribution >= 4 is 11.3 Å². The lowest BCUT2D eigenvalue weighted by Crippen LogP contribution is -2.65. The Morgan fingerprint density at radius 3 is 2.90 bits per heavy atom. The van der Waals surface area contributed by atoms with Crippen molar-refractivity contribution in [3.05, 3.63) is 22.4 Å². The van der Waals surface area contributed by atoms with E-state index in [2.05, 4.69) is 47.8 Å². The van der Waals surface area contributed by atoms with Gasteiger partial charge in [0.15, 0.2) is 0 Å². The first-order valence-electron chi connectivity index (χ1n) is 8.62. The molecule has 0 aromatic carbocycles. The number of thiophene rings is 1. The van der Waals surface area contributed by atoms with Gasteiger partial charge in [-0.2, -0.15) is 11.3 Å². The molecule has 1 saturated heterocycles. The van der Waals surface area contributed by atoms with Gasteiger partial charge in [-0.05, 0) is 60.4 Å². The second-order valence-electron chi connectivity index (χ2n) is 7.38. The lowest BCUT2D eigenvalue weighted by atomic mass is 9.86. The van der Waals surface area contributed by atoms with Crippen molar-refractivity contribution in [2.45, 2.75) is 58.0 Å². The van der Waals surface area contributed by atoms with Gasteiger partial charge in [0.1, 0.15) is 0 Å². The first-order chi connectivity index (χ1) is 10.1. The van der Waals surface area contributed by atoms with E-state index in [1.165, 1.54) is 50.9 Å². The van der Waals surface area contributed by atoms with Gasteiger partial charge in [-0.25, -0.2) is 0 Å². The zero-order valence-corrected chi connectivity index (χ0v) is 14.6. The molecule has 3 heteroatoms. The van der Waals surface area contributed by atoms with E-state index in [0.717, 1.165) is 11.8 Å². The Labute approximate surface area is 133 Å². The number of hydrogen-bond acceptors (Lipinski definition) is 3. The smallest absolute Gasteiger partial charge is 0.0309 e. The zero-order valence-electron chi connectivity index (χ0n) is 13.8. The third kappa shape index (κ3) is 3.52. The van der Waals surface area contributed by atoms with Crippen LogP contribution in [0, 0.1) is 11.8 Å². The molecule has 2 fully saturated rings. The molecule has 1 aliphatic carbocycles. The van der Waals surface area contributed by atoms with Crippen molar-refractivity contribution in [2.75, 3.05) is 19.6 Å². The maximum atomic E-state index is 3.91. The molecule has 3 unspecified atom stereocenters. The highest BCUT2D eigenvalue weighted by Crippen LogP contribution is 2.41. The maximum Gasteiger partial charge on any atom is 0.0309 e. The average Bonchev–Trinajstić information content (AvgIpc) is 3.23. The highest BCUT2D eigenvalue weighted by atomic mass is 32.1. The Balaban J connectivity index is 1.66. The van der Waals surface area contributed by atoms with Crippen LogP contribution in [0.1, 0.15) is 45.6 Å². The molecule has 0 radical (unpaired) electrons. The molecule has 2 aliphatic rings. The second kappa shape index (κ2) is 6.39. The Morgan fingerprint density at radius 2 is 2.29 bits per heavy atom. The second-order valence-corrected chi connectivity index (χ2v) is 8.16. The normalized spacial score (nSPS) is 32.2. The molecule has 1 saturated carbocycles. The van der Waals surface area contributed by atoms with Gasteiger partial charge in [-0.15, -0.1) is 0 Å². The van der Waals surface area contributed by atoms with Gasteiger partial charge in [0, 0.05) is 31.2 Å². The van der Waals surface area contributed by atoms with Crippen LogP contribution in [-0.2, 0) is 6.42 Å². The van der Waals surface area contributed by atoms with Crippen LogP contribution in [-0.4, -0.2) is 36.1 Å². The van der Waals surface area contributed by atoms with Crippen LogP contribution in [0.3, 0.4) is 0 Å². The fraction of sp³-hybridized carbons (Fsp3) is 0.778. The summed E-state index contributed by atoms with van der Waals surface area (Å²) in [5, 5.41) is 8.41. The number of piperazine rings is 1. The summed E-state index contributed by atoms with van der Waals surface area (Å²) >= 11 is 1.82. The SMILES string of the molecule is CCC(C)C1CNC(C)(C2CC2)CN1CCc1ccsc1. The maximum absolute atomic E-state index is 3.91. The molecule has 118 valence electrons. The van der Waals surface area contributed by atoms with Crippen molar-refractivity contribution in [3.8, 4) is 0 Å². The minimum absolute atomic E-state index is 0.360. The molecule has 0 bridgehead atoms. The number of rotatable bonds is 6. The standard InChI is InChI=1S/C18H30N2S/c1-4-14(2)17-11-19-18(3,16-5-6-16)13-20(17)9-7-15-8-10-21-12-15/h8,10,12,14,16-17,19H,4-7,9,11,13H2,1-3H3. The first kappa shape index (κ1) is 15.5. The van der Waals surface area contributed by atoms with Gasteiger partial charge in [-0.3, -0.25) is 4.90 Å². The van der Waals surface area contributed by atoms with Crippen LogP contribution in [0.5, 0.6) is 0 Å². The highest BCUT2D eigenvalue weighted by Gasteiger charge is 2.46. The fourth-order valence-corrected chi connectivity index (χ4v) is 4.54. The predicted molar refractivity (Wildman–Crippen MR) is 92.0 cm³/mol. The quantitative estimate of drug-likeness (QED) is 0.860. The van der Waals surface area contributed by atoms with E-state index in [-0.39, 0.29) is 0 Å². The molecule has 3 atom stereocenters. The van der Waals surface area contributed by atoms with E-state index in [4.69, 9.17) is 0 Å². The van der Waals surface area contributed by atoms with E-state index in [0.29, 0.717) is 11.6 Å². The Hall–Kier alpha value is -0.380. The summed E-state index contributed by atoms with van der Waals surface area (Å²) in [6.45, 7) is 10.8. The van der Waals surface area contributed by atoms with Crippen LogP contribution in [0.15, 0.2) is 16.8 Å². The van der Waals surface area contributed by atoms with E-state index >= 15 is 0 Å². The highest BCUT2D eigenvalue weighted by molar-refractivity contribution is 7.07. The van der Waals surface area contributed by atoms with Crippen LogP contribution in [0.25, 0.3) is 0 Å². The molecular weight excluding hydrogens is 276 g/mol. The Morgan fingerprint density at radius 1 is 1.48 bits per heavy atom. The molecule has 1 aromatic heterocycles. The first-order valence-corrected chi connectivity index (χ1v) is 9.57. The van der Waals surface area contributed by atoms with E-state index in [1.807, 2.05) is 11.3 Å². The third-order valence-corrected chi connectivity index (χ3v) is 6.49. The summed E-state index contributed by atoms with van der Waals surface area (Å²) in [7, 11) is 0. The topological polar surface area (TPSA) is 15.3 Å². The minimum Gasteiger partial charge on any atom is -0.308 e. The summed E-state index contributed by atoms with van der Waals surface area (Å²) < 4.78 is 0. The lowest BCUT2D eigenvalue weighted by molar-refractivity contribution is 0.0484. The summed E-state index contributed by atoms with van der Waals surface area (Å²) in [4.78, 5) is 2.79. The molecular formula is C18H30N2S. The summed E-state index contributed by atoms with van der Waals surface area (Å²) in [6, 6.07) is 2.99. The summed E-state index contributed by atoms with van der Waals surface area (Å²) in [5.41, 5.74) is 1.87. The van der Waals surface area contributed by atoms with Crippen molar-refractivity contribution in [1.82, 2.24) is 10.2 Å². The third-order valence-electron chi connectivity index (χ3n) is 5.76. The van der Waals surface area contributed by atoms with Gasteiger partial charge in [0.05, 0.1) is 0 Å². The fourth-order valence-electron chi connectivity index (χ4n) is 3.84. The average molecular weight is 307 g/mol. The molecule has 1 aromatic rings. The van der Waals surface area contributed by atoms with E-state index in [9.17, 15) is 0 Å². The zero-order chi connectivity index (χ0) is 14.9. The van der Waals surface area contributed by atoms with Gasteiger partial charge in [0.25, 0.3) is 0 Å². The minimum atomic E-state index is 0.360. The molecule has 3 rings (SSSR count).